The second kappa shape index (κ2) is 7.64. The molecule has 0 atom stereocenters. The largest absolute Gasteiger partial charge is 0.494 e. The minimum absolute atomic E-state index is 0.376. The van der Waals surface area contributed by atoms with Crippen LogP contribution < -0.4 is 10.2 Å². The van der Waals surface area contributed by atoms with E-state index in [2.05, 4.69) is 29.4 Å². The van der Waals surface area contributed by atoms with Crippen LogP contribution >= 0.6 is 0 Å². The van der Waals surface area contributed by atoms with Crippen LogP contribution in [0.15, 0.2) is 58.0 Å². The van der Waals surface area contributed by atoms with Crippen molar-refractivity contribution in [2.45, 2.75) is 20.3 Å². The molecule has 1 N–H and O–H groups in total. The first-order valence-corrected chi connectivity index (χ1v) is 8.08. The van der Waals surface area contributed by atoms with Gasteiger partial charge < -0.3 is 9.15 Å². The number of hydrogen-bond donors (Lipinski definition) is 1. The van der Waals surface area contributed by atoms with E-state index in [-0.39, 0.29) is 0 Å². The molecular formula is C19H21N3O2. The molecule has 0 aliphatic heterocycles. The van der Waals surface area contributed by atoms with Crippen LogP contribution in [-0.4, -0.2) is 17.8 Å². The van der Waals surface area contributed by atoms with Crippen molar-refractivity contribution in [3.63, 3.8) is 0 Å². The van der Waals surface area contributed by atoms with Crippen LogP contribution in [0.2, 0.25) is 0 Å². The fraction of sp³-hybridized carbons (Fsp3) is 0.263. The van der Waals surface area contributed by atoms with Crippen LogP contribution in [0, 0.1) is 5.92 Å². The molecule has 0 aliphatic rings. The van der Waals surface area contributed by atoms with E-state index >= 15 is 0 Å². The topological polar surface area (TPSA) is 59.6 Å². The van der Waals surface area contributed by atoms with Gasteiger partial charge in [0.15, 0.2) is 5.58 Å². The van der Waals surface area contributed by atoms with E-state index in [1.54, 1.807) is 6.21 Å². The number of rotatable bonds is 7. The quantitative estimate of drug-likeness (QED) is 0.506. The van der Waals surface area contributed by atoms with E-state index in [0.29, 0.717) is 11.9 Å². The minimum atomic E-state index is 0.376. The van der Waals surface area contributed by atoms with E-state index in [1.807, 2.05) is 48.5 Å². The molecule has 5 nitrogen and oxygen atoms in total. The lowest BCUT2D eigenvalue weighted by molar-refractivity contribution is 0.289. The second-order valence-electron chi connectivity index (χ2n) is 5.96. The molecule has 0 aliphatic carbocycles. The van der Waals surface area contributed by atoms with E-state index in [0.717, 1.165) is 35.4 Å². The Morgan fingerprint density at radius 2 is 1.96 bits per heavy atom. The summed E-state index contributed by atoms with van der Waals surface area (Å²) >= 11 is 0. The molecule has 2 aromatic carbocycles. The number of anilines is 1. The summed E-state index contributed by atoms with van der Waals surface area (Å²) in [4.78, 5) is 4.29. The van der Waals surface area contributed by atoms with Crippen molar-refractivity contribution < 1.29 is 9.15 Å². The van der Waals surface area contributed by atoms with Crippen LogP contribution in [0.4, 0.5) is 6.01 Å². The number of benzene rings is 2. The zero-order chi connectivity index (χ0) is 16.8. The van der Waals surface area contributed by atoms with Crippen LogP contribution in [0.5, 0.6) is 5.75 Å². The Balaban J connectivity index is 1.54. The van der Waals surface area contributed by atoms with E-state index in [4.69, 9.17) is 9.15 Å². The molecule has 3 aromatic rings. The van der Waals surface area contributed by atoms with Gasteiger partial charge in [-0.15, -0.1) is 0 Å². The van der Waals surface area contributed by atoms with Crippen LogP contribution in [0.25, 0.3) is 11.1 Å². The first-order valence-electron chi connectivity index (χ1n) is 8.08. The van der Waals surface area contributed by atoms with Gasteiger partial charge in [0.05, 0.1) is 12.8 Å². The first kappa shape index (κ1) is 16.1. The summed E-state index contributed by atoms with van der Waals surface area (Å²) < 4.78 is 11.2. The Hall–Kier alpha value is -2.82. The van der Waals surface area contributed by atoms with Gasteiger partial charge in [-0.05, 0) is 54.3 Å². The van der Waals surface area contributed by atoms with Gasteiger partial charge in [0, 0.05) is 0 Å². The van der Waals surface area contributed by atoms with E-state index in [9.17, 15) is 0 Å². The third-order valence-electron chi connectivity index (χ3n) is 3.51. The summed E-state index contributed by atoms with van der Waals surface area (Å²) in [7, 11) is 0. The fourth-order valence-corrected chi connectivity index (χ4v) is 2.14. The van der Waals surface area contributed by atoms with E-state index in [1.165, 1.54) is 0 Å². The van der Waals surface area contributed by atoms with Crippen molar-refractivity contribution in [2.24, 2.45) is 11.0 Å². The molecule has 24 heavy (non-hydrogen) atoms. The molecule has 0 radical (unpaired) electrons. The third kappa shape index (κ3) is 4.35. The summed E-state index contributed by atoms with van der Waals surface area (Å²) in [5.41, 5.74) is 5.31. The fourth-order valence-electron chi connectivity index (χ4n) is 2.14. The van der Waals surface area contributed by atoms with Gasteiger partial charge in [-0.2, -0.15) is 10.1 Å². The molecule has 1 aromatic heterocycles. The van der Waals surface area contributed by atoms with Gasteiger partial charge in [0.25, 0.3) is 0 Å². The maximum absolute atomic E-state index is 5.69. The van der Waals surface area contributed by atoms with Gasteiger partial charge in [-0.3, -0.25) is 0 Å². The number of ether oxygens (including phenoxy) is 1. The third-order valence-corrected chi connectivity index (χ3v) is 3.51. The molecule has 0 fully saturated rings. The highest BCUT2D eigenvalue weighted by Gasteiger charge is 2.02. The molecule has 0 bridgehead atoms. The number of oxazole rings is 1. The average molecular weight is 323 g/mol. The number of aromatic nitrogens is 1. The highest BCUT2D eigenvalue weighted by molar-refractivity contribution is 5.80. The Morgan fingerprint density at radius 1 is 1.17 bits per heavy atom. The SMILES string of the molecule is CC(C)CCOc1ccc(C=NNc2nc3ccccc3o2)cc1. The molecule has 124 valence electrons. The number of para-hydroxylation sites is 2. The molecule has 3 rings (SSSR count). The summed E-state index contributed by atoms with van der Waals surface area (Å²) in [6.45, 7) is 5.12. The zero-order valence-corrected chi connectivity index (χ0v) is 13.9. The lowest BCUT2D eigenvalue weighted by Gasteiger charge is -2.07. The van der Waals surface area contributed by atoms with Gasteiger partial charge in [0.2, 0.25) is 0 Å². The Morgan fingerprint density at radius 3 is 2.71 bits per heavy atom. The van der Waals surface area contributed by atoms with Crippen LogP contribution in [0.3, 0.4) is 0 Å². The maximum Gasteiger partial charge on any atom is 0.316 e. The highest BCUT2D eigenvalue weighted by atomic mass is 16.5. The molecule has 0 spiro atoms. The van der Waals surface area contributed by atoms with Gasteiger partial charge in [0.1, 0.15) is 11.3 Å². The lowest BCUT2D eigenvalue weighted by Crippen LogP contribution is -2.01. The average Bonchev–Trinajstić information content (AvgIpc) is 2.99. The van der Waals surface area contributed by atoms with Crippen molar-refractivity contribution in [2.75, 3.05) is 12.0 Å². The van der Waals surface area contributed by atoms with Gasteiger partial charge >= 0.3 is 6.01 Å². The number of hydrazone groups is 1. The van der Waals surface area contributed by atoms with Crippen LogP contribution in [-0.2, 0) is 0 Å². The minimum Gasteiger partial charge on any atom is -0.494 e. The van der Waals surface area contributed by atoms with E-state index < -0.39 is 0 Å². The van der Waals surface area contributed by atoms with Crippen molar-refractivity contribution in [1.29, 1.82) is 0 Å². The number of nitrogens with zero attached hydrogens (tertiary/aromatic N) is 2. The van der Waals surface area contributed by atoms with Crippen LogP contribution in [0.1, 0.15) is 25.8 Å². The molecule has 0 amide bonds. The number of hydrogen-bond acceptors (Lipinski definition) is 5. The molecular weight excluding hydrogens is 302 g/mol. The Bertz CT molecular complexity index is 774. The van der Waals surface area contributed by atoms with Gasteiger partial charge in [-0.1, -0.05) is 26.0 Å². The van der Waals surface area contributed by atoms with Crippen molar-refractivity contribution in [3.8, 4) is 5.75 Å². The molecule has 1 heterocycles. The number of nitrogens with one attached hydrogen (secondary N) is 1. The lowest BCUT2D eigenvalue weighted by atomic mass is 10.1. The van der Waals surface area contributed by atoms with Crippen molar-refractivity contribution in [3.05, 3.63) is 54.1 Å². The summed E-state index contributed by atoms with van der Waals surface area (Å²) in [6, 6.07) is 15.8. The highest BCUT2D eigenvalue weighted by Crippen LogP contribution is 2.18. The Labute approximate surface area is 141 Å². The maximum atomic E-state index is 5.69. The standard InChI is InChI=1S/C19H21N3O2/c1-14(2)11-12-23-16-9-7-15(8-10-16)13-20-22-19-21-17-5-3-4-6-18(17)24-19/h3-10,13-14H,11-12H2,1-2H3,(H,21,22). The van der Waals surface area contributed by atoms with Gasteiger partial charge in [-0.25, -0.2) is 5.43 Å². The molecule has 0 unspecified atom stereocenters. The van der Waals surface area contributed by atoms with Crippen molar-refractivity contribution in [1.82, 2.24) is 4.98 Å². The predicted octanol–water partition coefficient (Wildman–Crippen LogP) is 4.70. The smallest absolute Gasteiger partial charge is 0.316 e. The first-order chi connectivity index (χ1) is 11.7. The normalized spacial score (nSPS) is 11.5. The summed E-state index contributed by atoms with van der Waals surface area (Å²) in [5, 5.41) is 4.15. The molecule has 0 saturated heterocycles. The zero-order valence-electron chi connectivity index (χ0n) is 13.9. The molecule has 0 saturated carbocycles. The number of fused-ring (bicyclic) bond motifs is 1. The van der Waals surface area contributed by atoms with Crippen molar-refractivity contribution >= 4 is 23.3 Å². The Kier molecular flexibility index (Phi) is 5.11. The second-order valence-corrected chi connectivity index (χ2v) is 5.96. The summed E-state index contributed by atoms with van der Waals surface area (Å²) in [5.74, 6) is 1.52. The monoisotopic (exact) mass is 323 g/mol. The summed E-state index contributed by atoms with van der Waals surface area (Å²) in [6.07, 6.45) is 2.77. The molecule has 5 heteroatoms. The predicted molar refractivity (Wildman–Crippen MR) is 96.6 cm³/mol.